The summed E-state index contributed by atoms with van der Waals surface area (Å²) in [5.41, 5.74) is 2.45. The van der Waals surface area contributed by atoms with Crippen LogP contribution in [0.3, 0.4) is 0 Å². The first-order valence-electron chi connectivity index (χ1n) is 9.57. The molecule has 0 saturated carbocycles. The van der Waals surface area contributed by atoms with Crippen LogP contribution in [0.25, 0.3) is 0 Å². The zero-order valence-electron chi connectivity index (χ0n) is 16.3. The fourth-order valence-electron chi connectivity index (χ4n) is 3.74. The second kappa shape index (κ2) is 9.37. The van der Waals surface area contributed by atoms with Gasteiger partial charge in [-0.1, -0.05) is 29.8 Å². The highest BCUT2D eigenvalue weighted by molar-refractivity contribution is 6.30. The van der Waals surface area contributed by atoms with Gasteiger partial charge in [0.1, 0.15) is 5.82 Å². The standard InChI is InChI=1S/C22H24ClFN2O3/c1-15-13-25(14-18-11-19(23)5-4-17(18)12-22(28)29)8-9-26(15)21(27)10-16-2-6-20(24)7-3-16/h2-7,11,15H,8-10,12-14H2,1H3,(H,28,29). The van der Waals surface area contributed by atoms with Gasteiger partial charge in [-0.3, -0.25) is 14.5 Å². The van der Waals surface area contributed by atoms with E-state index in [-0.39, 0.29) is 30.6 Å². The lowest BCUT2D eigenvalue weighted by Gasteiger charge is -2.40. The van der Waals surface area contributed by atoms with Crippen molar-refractivity contribution in [1.29, 1.82) is 0 Å². The third kappa shape index (κ3) is 5.78. The number of carbonyl (C=O) groups is 2. The van der Waals surface area contributed by atoms with Crippen LogP contribution in [0, 0.1) is 5.82 Å². The molecular formula is C22H24ClFN2O3. The normalized spacial score (nSPS) is 17.3. The van der Waals surface area contributed by atoms with Gasteiger partial charge >= 0.3 is 5.97 Å². The van der Waals surface area contributed by atoms with Gasteiger partial charge in [0.15, 0.2) is 0 Å². The van der Waals surface area contributed by atoms with Crippen LogP contribution in [0.5, 0.6) is 0 Å². The van der Waals surface area contributed by atoms with Crippen LogP contribution >= 0.6 is 11.6 Å². The highest BCUT2D eigenvalue weighted by Crippen LogP contribution is 2.21. The van der Waals surface area contributed by atoms with E-state index in [1.165, 1.54) is 12.1 Å². The Kier molecular flexibility index (Phi) is 6.87. The van der Waals surface area contributed by atoms with Crippen LogP contribution < -0.4 is 0 Å². The van der Waals surface area contributed by atoms with Gasteiger partial charge in [-0.25, -0.2) is 4.39 Å². The highest BCUT2D eigenvalue weighted by Gasteiger charge is 2.27. The van der Waals surface area contributed by atoms with Crippen molar-refractivity contribution in [1.82, 2.24) is 9.80 Å². The molecule has 0 bridgehead atoms. The largest absolute Gasteiger partial charge is 0.481 e. The molecule has 3 rings (SSSR count). The van der Waals surface area contributed by atoms with Crippen molar-refractivity contribution in [3.8, 4) is 0 Å². The lowest BCUT2D eigenvalue weighted by atomic mass is 10.0. The van der Waals surface area contributed by atoms with Crippen LogP contribution in [0.2, 0.25) is 5.02 Å². The molecule has 5 nitrogen and oxygen atoms in total. The number of carbonyl (C=O) groups excluding carboxylic acids is 1. The van der Waals surface area contributed by atoms with Crippen LogP contribution in [0.15, 0.2) is 42.5 Å². The van der Waals surface area contributed by atoms with Gasteiger partial charge in [-0.05, 0) is 47.9 Å². The molecule has 1 heterocycles. The molecule has 29 heavy (non-hydrogen) atoms. The van der Waals surface area contributed by atoms with Crippen molar-refractivity contribution in [2.24, 2.45) is 0 Å². The third-order valence-corrected chi connectivity index (χ3v) is 5.44. The Morgan fingerprint density at radius 3 is 2.48 bits per heavy atom. The van der Waals surface area contributed by atoms with E-state index in [9.17, 15) is 14.0 Å². The van der Waals surface area contributed by atoms with E-state index in [0.717, 1.165) is 16.7 Å². The number of nitrogens with zero attached hydrogens (tertiary/aromatic N) is 2. The summed E-state index contributed by atoms with van der Waals surface area (Å²) >= 11 is 6.11. The van der Waals surface area contributed by atoms with Crippen molar-refractivity contribution in [2.45, 2.75) is 32.4 Å². The lowest BCUT2D eigenvalue weighted by Crippen LogP contribution is -2.54. The number of halogens is 2. The number of hydrogen-bond acceptors (Lipinski definition) is 3. The SMILES string of the molecule is CC1CN(Cc2cc(Cl)ccc2CC(=O)O)CCN1C(=O)Cc1ccc(F)cc1. The summed E-state index contributed by atoms with van der Waals surface area (Å²) in [6.45, 7) is 4.57. The Hall–Kier alpha value is -2.44. The van der Waals surface area contributed by atoms with Gasteiger partial charge in [-0.15, -0.1) is 0 Å². The molecule has 0 aromatic heterocycles. The molecule has 0 spiro atoms. The van der Waals surface area contributed by atoms with Gasteiger partial charge in [0.25, 0.3) is 0 Å². The Morgan fingerprint density at radius 1 is 1.10 bits per heavy atom. The summed E-state index contributed by atoms with van der Waals surface area (Å²) in [6.07, 6.45) is 0.208. The van der Waals surface area contributed by atoms with Gasteiger partial charge < -0.3 is 10.0 Å². The Balaban J connectivity index is 1.61. The minimum Gasteiger partial charge on any atom is -0.481 e. The van der Waals surface area contributed by atoms with Gasteiger partial charge in [0, 0.05) is 37.2 Å². The first kappa shape index (κ1) is 21.3. The molecule has 0 radical (unpaired) electrons. The molecule has 0 aliphatic carbocycles. The maximum absolute atomic E-state index is 13.0. The lowest BCUT2D eigenvalue weighted by molar-refractivity contribution is -0.136. The molecule has 7 heteroatoms. The van der Waals surface area contributed by atoms with Crippen LogP contribution in [-0.4, -0.2) is 52.5 Å². The number of hydrogen-bond donors (Lipinski definition) is 1. The Bertz CT molecular complexity index is 888. The number of amides is 1. The zero-order chi connectivity index (χ0) is 21.0. The average Bonchev–Trinajstić information content (AvgIpc) is 2.65. The first-order chi connectivity index (χ1) is 13.8. The fraction of sp³-hybridized carbons (Fsp3) is 0.364. The summed E-state index contributed by atoms with van der Waals surface area (Å²) < 4.78 is 13.0. The first-order valence-corrected chi connectivity index (χ1v) is 9.95. The summed E-state index contributed by atoms with van der Waals surface area (Å²) in [4.78, 5) is 27.9. The predicted molar refractivity (Wildman–Crippen MR) is 109 cm³/mol. The van der Waals surface area contributed by atoms with E-state index in [1.807, 2.05) is 17.9 Å². The highest BCUT2D eigenvalue weighted by atomic mass is 35.5. The van der Waals surface area contributed by atoms with Crippen LogP contribution in [-0.2, 0) is 29.0 Å². The van der Waals surface area contributed by atoms with Crippen LogP contribution in [0.4, 0.5) is 4.39 Å². The molecule has 2 aromatic rings. The maximum Gasteiger partial charge on any atom is 0.307 e. The molecule has 1 amide bonds. The number of carboxylic acid groups (broad SMARTS) is 1. The van der Waals surface area contributed by atoms with Crippen molar-refractivity contribution >= 4 is 23.5 Å². The summed E-state index contributed by atoms with van der Waals surface area (Å²) in [7, 11) is 0. The van der Waals surface area contributed by atoms with Crippen molar-refractivity contribution in [2.75, 3.05) is 19.6 Å². The Morgan fingerprint density at radius 2 is 1.83 bits per heavy atom. The molecule has 154 valence electrons. The van der Waals surface area contributed by atoms with E-state index in [1.54, 1.807) is 24.3 Å². The van der Waals surface area contributed by atoms with Gasteiger partial charge in [-0.2, -0.15) is 0 Å². The van der Waals surface area contributed by atoms with Gasteiger partial charge in [0.05, 0.1) is 12.8 Å². The molecule has 1 fully saturated rings. The van der Waals surface area contributed by atoms with Crippen molar-refractivity contribution in [3.05, 3.63) is 70.0 Å². The summed E-state index contributed by atoms with van der Waals surface area (Å²) in [5.74, 6) is -1.16. The number of benzene rings is 2. The summed E-state index contributed by atoms with van der Waals surface area (Å²) in [6, 6.07) is 11.3. The topological polar surface area (TPSA) is 60.9 Å². The molecule has 1 aliphatic heterocycles. The fourth-order valence-corrected chi connectivity index (χ4v) is 3.94. The number of carboxylic acids is 1. The van der Waals surface area contributed by atoms with Crippen molar-refractivity contribution in [3.63, 3.8) is 0 Å². The zero-order valence-corrected chi connectivity index (χ0v) is 17.0. The van der Waals surface area contributed by atoms with Crippen LogP contribution in [0.1, 0.15) is 23.6 Å². The average molecular weight is 419 g/mol. The number of piperazine rings is 1. The van der Waals surface area contributed by atoms with E-state index in [0.29, 0.717) is 31.2 Å². The second-order valence-electron chi connectivity index (χ2n) is 7.46. The van der Waals surface area contributed by atoms with Gasteiger partial charge in [0.2, 0.25) is 5.91 Å². The second-order valence-corrected chi connectivity index (χ2v) is 7.89. The van der Waals surface area contributed by atoms with Crippen molar-refractivity contribution < 1.29 is 19.1 Å². The molecule has 2 aromatic carbocycles. The number of aliphatic carboxylic acids is 1. The molecular weight excluding hydrogens is 395 g/mol. The predicted octanol–water partition coefficient (Wildman–Crippen LogP) is 3.38. The molecule has 1 N–H and O–H groups in total. The molecule has 1 atom stereocenters. The smallest absolute Gasteiger partial charge is 0.307 e. The van der Waals surface area contributed by atoms with E-state index in [2.05, 4.69) is 4.90 Å². The summed E-state index contributed by atoms with van der Waals surface area (Å²) in [5, 5.41) is 9.71. The molecule has 1 aliphatic rings. The molecule has 1 unspecified atom stereocenters. The Labute approximate surface area is 174 Å². The minimum atomic E-state index is -0.877. The van der Waals surface area contributed by atoms with E-state index in [4.69, 9.17) is 16.7 Å². The maximum atomic E-state index is 13.0. The van der Waals surface area contributed by atoms with E-state index >= 15 is 0 Å². The molecule has 1 saturated heterocycles. The minimum absolute atomic E-state index is 0.0260. The monoisotopic (exact) mass is 418 g/mol. The van der Waals surface area contributed by atoms with E-state index < -0.39 is 5.97 Å². The third-order valence-electron chi connectivity index (χ3n) is 5.20. The number of rotatable bonds is 6. The quantitative estimate of drug-likeness (QED) is 0.781.